The molecule has 0 saturated carbocycles. The van der Waals surface area contributed by atoms with Crippen molar-refractivity contribution < 1.29 is 13.6 Å². The number of aryl methyl sites for hydroxylation is 1. The highest BCUT2D eigenvalue weighted by Gasteiger charge is 2.23. The van der Waals surface area contributed by atoms with E-state index in [0.717, 1.165) is 35.3 Å². The van der Waals surface area contributed by atoms with E-state index < -0.39 is 6.43 Å². The second-order valence-corrected chi connectivity index (χ2v) is 8.64. The third-order valence-corrected chi connectivity index (χ3v) is 6.10. The van der Waals surface area contributed by atoms with E-state index in [1.54, 1.807) is 29.4 Å². The Morgan fingerprint density at radius 1 is 1.23 bits per heavy atom. The summed E-state index contributed by atoms with van der Waals surface area (Å²) in [6.07, 6.45) is 4.98. The van der Waals surface area contributed by atoms with Gasteiger partial charge in [0.15, 0.2) is 5.78 Å². The van der Waals surface area contributed by atoms with E-state index in [1.807, 2.05) is 36.0 Å². The molecule has 0 bridgehead atoms. The number of rotatable bonds is 9. The van der Waals surface area contributed by atoms with Gasteiger partial charge in [0, 0.05) is 49.5 Å². The third kappa shape index (κ3) is 6.25. The second kappa shape index (κ2) is 11.1. The molecule has 0 unspecified atom stereocenters. The summed E-state index contributed by atoms with van der Waals surface area (Å²) in [6.45, 7) is 3.00. The molecule has 4 rings (SSSR count). The van der Waals surface area contributed by atoms with Crippen LogP contribution < -0.4 is 5.32 Å². The monoisotopic (exact) mass is 479 g/mol. The number of likely N-dealkylation sites (tertiary alicyclic amines) is 1. The first-order valence-corrected chi connectivity index (χ1v) is 11.6. The molecule has 3 aromatic rings. The van der Waals surface area contributed by atoms with Gasteiger partial charge in [-0.2, -0.15) is 10.4 Å². The Hall–Kier alpha value is -3.71. The van der Waals surface area contributed by atoms with E-state index in [1.165, 1.54) is 0 Å². The fourth-order valence-corrected chi connectivity index (χ4v) is 4.22. The Bertz CT molecular complexity index is 1200. The number of hydrogen-bond acceptors (Lipinski definition) is 7. The number of ketones is 1. The molecule has 0 aliphatic carbocycles. The Morgan fingerprint density at radius 3 is 2.66 bits per heavy atom. The fraction of sp³-hybridized carbons (Fsp3) is 0.400. The van der Waals surface area contributed by atoms with Gasteiger partial charge in [0.2, 0.25) is 5.95 Å². The number of carbonyl (C=O) groups excluding carboxylic acids is 1. The number of aromatic nitrogens is 4. The van der Waals surface area contributed by atoms with Crippen molar-refractivity contribution in [2.45, 2.75) is 45.1 Å². The summed E-state index contributed by atoms with van der Waals surface area (Å²) in [6, 6.07) is 9.35. The van der Waals surface area contributed by atoms with Gasteiger partial charge in [0.1, 0.15) is 0 Å². The molecule has 1 N–H and O–H groups in total. The number of nitrogens with zero attached hydrogens (tertiary/aromatic N) is 6. The highest BCUT2D eigenvalue weighted by Crippen LogP contribution is 2.26. The minimum absolute atomic E-state index is 0.0587. The largest absolute Gasteiger partial charge is 0.321 e. The molecule has 0 radical (unpaired) electrons. The van der Waals surface area contributed by atoms with Crippen LogP contribution in [0.25, 0.3) is 11.3 Å². The van der Waals surface area contributed by atoms with Crippen LogP contribution in [0.3, 0.4) is 0 Å². The highest BCUT2D eigenvalue weighted by molar-refractivity contribution is 5.96. The van der Waals surface area contributed by atoms with E-state index in [2.05, 4.69) is 20.4 Å². The number of hydrogen-bond donors (Lipinski definition) is 1. The van der Waals surface area contributed by atoms with Crippen molar-refractivity contribution in [2.24, 2.45) is 0 Å². The number of halogens is 2. The number of alkyl halides is 2. The van der Waals surface area contributed by atoms with Crippen molar-refractivity contribution in [1.29, 1.82) is 5.26 Å². The maximum absolute atomic E-state index is 12.6. The molecule has 1 aromatic carbocycles. The van der Waals surface area contributed by atoms with Gasteiger partial charge in [-0.05, 0) is 25.3 Å². The Balaban J connectivity index is 1.41. The van der Waals surface area contributed by atoms with Gasteiger partial charge in [-0.15, -0.1) is 0 Å². The van der Waals surface area contributed by atoms with Gasteiger partial charge in [0.25, 0.3) is 6.43 Å². The van der Waals surface area contributed by atoms with E-state index in [-0.39, 0.29) is 31.2 Å². The van der Waals surface area contributed by atoms with Gasteiger partial charge < -0.3 is 5.32 Å². The van der Waals surface area contributed by atoms with E-state index in [0.29, 0.717) is 24.6 Å². The molecular weight excluding hydrogens is 452 g/mol. The first-order valence-electron chi connectivity index (χ1n) is 11.6. The number of nitriles is 1. The topological polar surface area (TPSA) is 99.7 Å². The van der Waals surface area contributed by atoms with Gasteiger partial charge in [0.05, 0.1) is 36.2 Å². The Morgan fingerprint density at radius 2 is 1.97 bits per heavy atom. The molecule has 182 valence electrons. The maximum Gasteiger partial charge on any atom is 0.251 e. The van der Waals surface area contributed by atoms with Crippen LogP contribution in [0, 0.1) is 18.3 Å². The molecular formula is C25H27F2N7O. The number of anilines is 2. The molecule has 1 aliphatic heterocycles. The normalized spacial score (nSPS) is 14.7. The Labute approximate surface area is 202 Å². The van der Waals surface area contributed by atoms with Crippen molar-refractivity contribution in [2.75, 3.05) is 25.0 Å². The molecule has 1 aliphatic rings. The molecule has 1 saturated heterocycles. The van der Waals surface area contributed by atoms with Crippen LogP contribution >= 0.6 is 0 Å². The molecule has 35 heavy (non-hydrogen) atoms. The molecule has 1 fully saturated rings. The maximum atomic E-state index is 12.6. The highest BCUT2D eigenvalue weighted by atomic mass is 19.3. The quantitative estimate of drug-likeness (QED) is 0.441. The van der Waals surface area contributed by atoms with Gasteiger partial charge >= 0.3 is 0 Å². The van der Waals surface area contributed by atoms with Crippen molar-refractivity contribution >= 4 is 17.4 Å². The minimum atomic E-state index is -2.30. The number of carbonyl (C=O) groups is 1. The summed E-state index contributed by atoms with van der Waals surface area (Å²) in [7, 11) is 0. The van der Waals surface area contributed by atoms with Crippen LogP contribution in [0.4, 0.5) is 20.4 Å². The summed E-state index contributed by atoms with van der Waals surface area (Å²) in [5.74, 6) is 0.364. The average molecular weight is 480 g/mol. The van der Waals surface area contributed by atoms with Crippen molar-refractivity contribution in [3.05, 3.63) is 54.0 Å². The SMILES string of the molecule is Cc1cnc(Nc2cnn(C3CCN(CC(F)F)CC3)c2)nc1-c1ccc(C(=O)CCC#N)cc1. The summed E-state index contributed by atoms with van der Waals surface area (Å²) in [5, 5.41) is 16.3. The number of piperidine rings is 1. The lowest BCUT2D eigenvalue weighted by Gasteiger charge is -2.31. The number of nitrogens with one attached hydrogen (secondary N) is 1. The summed E-state index contributed by atoms with van der Waals surface area (Å²) in [5.41, 5.74) is 3.81. The minimum Gasteiger partial charge on any atom is -0.321 e. The zero-order valence-corrected chi connectivity index (χ0v) is 19.5. The van der Waals surface area contributed by atoms with E-state index >= 15 is 0 Å². The van der Waals surface area contributed by atoms with Gasteiger partial charge in [-0.1, -0.05) is 24.3 Å². The van der Waals surface area contributed by atoms with Crippen LogP contribution in [0.5, 0.6) is 0 Å². The van der Waals surface area contributed by atoms with Crippen LogP contribution in [0.1, 0.15) is 47.6 Å². The number of benzene rings is 1. The predicted octanol–water partition coefficient (Wildman–Crippen LogP) is 4.78. The second-order valence-electron chi connectivity index (χ2n) is 8.64. The van der Waals surface area contributed by atoms with Crippen molar-refractivity contribution in [3.8, 4) is 17.3 Å². The Kier molecular flexibility index (Phi) is 7.77. The molecule has 0 atom stereocenters. The van der Waals surface area contributed by atoms with Crippen molar-refractivity contribution in [3.63, 3.8) is 0 Å². The van der Waals surface area contributed by atoms with E-state index in [4.69, 9.17) is 5.26 Å². The zero-order valence-electron chi connectivity index (χ0n) is 19.5. The molecule has 3 heterocycles. The van der Waals surface area contributed by atoms with Gasteiger partial charge in [-0.25, -0.2) is 18.7 Å². The van der Waals surface area contributed by atoms with Crippen LogP contribution in [-0.4, -0.2) is 56.5 Å². The smallest absolute Gasteiger partial charge is 0.251 e. The zero-order chi connectivity index (χ0) is 24.8. The first kappa shape index (κ1) is 24.4. The molecule has 8 nitrogen and oxygen atoms in total. The predicted molar refractivity (Wildman–Crippen MR) is 128 cm³/mol. The summed E-state index contributed by atoms with van der Waals surface area (Å²) >= 11 is 0. The summed E-state index contributed by atoms with van der Waals surface area (Å²) in [4.78, 5) is 22.9. The number of Topliss-reactive ketones (excluding diaryl/α,β-unsaturated/α-hetero) is 1. The van der Waals surface area contributed by atoms with Crippen LogP contribution in [0.2, 0.25) is 0 Å². The molecule has 10 heteroatoms. The van der Waals surface area contributed by atoms with Crippen LogP contribution in [-0.2, 0) is 0 Å². The fourth-order valence-electron chi connectivity index (χ4n) is 4.22. The average Bonchev–Trinajstić information content (AvgIpc) is 3.32. The molecule has 0 spiro atoms. The third-order valence-electron chi connectivity index (χ3n) is 6.10. The van der Waals surface area contributed by atoms with Crippen LogP contribution in [0.15, 0.2) is 42.9 Å². The standard InChI is InChI=1S/C25H27F2N7O/c1-17-13-29-25(32-24(17)19-6-4-18(5-7-19)22(35)3-2-10-28)31-20-14-30-34(15-20)21-8-11-33(12-9-21)16-23(26)27/h4-7,13-15,21,23H,2-3,8-9,11-12,16H2,1H3,(H,29,31,32). The van der Waals surface area contributed by atoms with Crippen molar-refractivity contribution in [1.82, 2.24) is 24.6 Å². The lowest BCUT2D eigenvalue weighted by Crippen LogP contribution is -2.37. The first-order chi connectivity index (χ1) is 16.9. The lowest BCUT2D eigenvalue weighted by molar-refractivity contribution is 0.0690. The van der Waals surface area contributed by atoms with E-state index in [9.17, 15) is 13.6 Å². The lowest BCUT2D eigenvalue weighted by atomic mass is 10.0. The molecule has 2 aromatic heterocycles. The van der Waals surface area contributed by atoms with Gasteiger partial charge in [-0.3, -0.25) is 14.4 Å². The molecule has 0 amide bonds. The summed E-state index contributed by atoms with van der Waals surface area (Å²) < 4.78 is 27.1.